The Morgan fingerprint density at radius 3 is 2.86 bits per heavy atom. The summed E-state index contributed by atoms with van der Waals surface area (Å²) in [4.78, 5) is 8.38. The Kier molecular flexibility index (Phi) is 13.7. The average Bonchev–Trinajstić information content (AvgIpc) is 2.96. The minimum atomic E-state index is 0. The van der Waals surface area contributed by atoms with Crippen LogP contribution in [0.15, 0.2) is 22.5 Å². The molecule has 0 aliphatic heterocycles. The van der Waals surface area contributed by atoms with Gasteiger partial charge in [0.15, 0.2) is 5.96 Å². The average molecular weight is 441 g/mol. The van der Waals surface area contributed by atoms with Crippen molar-refractivity contribution in [2.24, 2.45) is 4.99 Å². The van der Waals surface area contributed by atoms with Crippen molar-refractivity contribution in [2.75, 3.05) is 38.7 Å². The summed E-state index contributed by atoms with van der Waals surface area (Å²) >= 11 is 3.74. The molecule has 0 fully saturated rings. The fraction of sp³-hybridized carbons (Fsp3) is 0.667. The molecule has 1 rings (SSSR count). The van der Waals surface area contributed by atoms with Crippen LogP contribution in [0.4, 0.5) is 0 Å². The first-order valence-corrected chi connectivity index (χ1v) is 9.56. The van der Waals surface area contributed by atoms with Crippen LogP contribution in [-0.2, 0) is 6.42 Å². The van der Waals surface area contributed by atoms with E-state index in [0.29, 0.717) is 0 Å². The van der Waals surface area contributed by atoms with E-state index in [-0.39, 0.29) is 24.0 Å². The molecule has 21 heavy (non-hydrogen) atoms. The molecule has 1 heterocycles. The van der Waals surface area contributed by atoms with Gasteiger partial charge in [0.25, 0.3) is 0 Å². The molecule has 122 valence electrons. The number of unbranched alkanes of at least 4 members (excludes halogenated alkanes) is 1. The van der Waals surface area contributed by atoms with Gasteiger partial charge in [-0.2, -0.15) is 11.8 Å². The first-order valence-electron chi connectivity index (χ1n) is 7.28. The second-order valence-corrected chi connectivity index (χ2v) is 6.70. The van der Waals surface area contributed by atoms with Crippen LogP contribution < -0.4 is 5.32 Å². The van der Waals surface area contributed by atoms with E-state index >= 15 is 0 Å². The number of guanidine groups is 1. The Bertz CT molecular complexity index is 369. The van der Waals surface area contributed by atoms with Crippen molar-refractivity contribution in [3.05, 3.63) is 22.4 Å². The van der Waals surface area contributed by atoms with Gasteiger partial charge in [-0.15, -0.1) is 35.3 Å². The zero-order valence-corrected chi connectivity index (χ0v) is 17.3. The first-order chi connectivity index (χ1) is 9.77. The number of aliphatic imine (C=N–C) groups is 1. The number of likely N-dealkylation sites (N-methyl/N-ethyl adjacent to an activating group) is 1. The number of hydrogen-bond donors (Lipinski definition) is 1. The highest BCUT2D eigenvalue weighted by atomic mass is 127. The smallest absolute Gasteiger partial charge is 0.193 e. The standard InChI is InChI=1S/C15H27N3S2.HI/c1-4-16-15(17-10-5-6-12-19-3)18(2)11-9-14-8-7-13-20-14;/h7-8,13H,4-6,9-12H2,1-3H3,(H,16,17);1H. The lowest BCUT2D eigenvalue weighted by Gasteiger charge is -2.21. The molecule has 0 spiro atoms. The summed E-state index contributed by atoms with van der Waals surface area (Å²) < 4.78 is 0. The van der Waals surface area contributed by atoms with E-state index in [9.17, 15) is 0 Å². The number of nitrogens with zero attached hydrogens (tertiary/aromatic N) is 2. The molecule has 0 bridgehead atoms. The Morgan fingerprint density at radius 2 is 2.24 bits per heavy atom. The summed E-state index contributed by atoms with van der Waals surface area (Å²) in [7, 11) is 2.12. The zero-order valence-electron chi connectivity index (χ0n) is 13.3. The minimum absolute atomic E-state index is 0. The van der Waals surface area contributed by atoms with Crippen molar-refractivity contribution in [2.45, 2.75) is 26.2 Å². The van der Waals surface area contributed by atoms with Gasteiger partial charge in [0, 0.05) is 31.6 Å². The molecule has 0 aliphatic carbocycles. The van der Waals surface area contributed by atoms with Crippen LogP contribution in [0.2, 0.25) is 0 Å². The lowest BCUT2D eigenvalue weighted by atomic mass is 10.3. The molecule has 0 saturated carbocycles. The molecule has 1 N–H and O–H groups in total. The van der Waals surface area contributed by atoms with E-state index < -0.39 is 0 Å². The van der Waals surface area contributed by atoms with Gasteiger partial charge in [0.2, 0.25) is 0 Å². The van der Waals surface area contributed by atoms with Gasteiger partial charge in [0.05, 0.1) is 0 Å². The van der Waals surface area contributed by atoms with Gasteiger partial charge >= 0.3 is 0 Å². The van der Waals surface area contributed by atoms with Gasteiger partial charge in [-0.3, -0.25) is 4.99 Å². The number of nitrogens with one attached hydrogen (secondary N) is 1. The Balaban J connectivity index is 0.00000400. The van der Waals surface area contributed by atoms with Gasteiger partial charge in [-0.05, 0) is 49.6 Å². The zero-order chi connectivity index (χ0) is 14.6. The Morgan fingerprint density at radius 1 is 1.43 bits per heavy atom. The maximum Gasteiger partial charge on any atom is 0.193 e. The third-order valence-corrected chi connectivity index (χ3v) is 4.62. The molecule has 0 atom stereocenters. The van der Waals surface area contributed by atoms with Gasteiger partial charge < -0.3 is 10.2 Å². The van der Waals surface area contributed by atoms with Gasteiger partial charge in [-0.1, -0.05) is 6.07 Å². The van der Waals surface area contributed by atoms with Crippen LogP contribution in [0, 0.1) is 0 Å². The first kappa shape index (κ1) is 21.0. The van der Waals surface area contributed by atoms with Crippen LogP contribution in [0.5, 0.6) is 0 Å². The maximum absolute atomic E-state index is 4.71. The third-order valence-electron chi connectivity index (χ3n) is 2.99. The van der Waals surface area contributed by atoms with Crippen LogP contribution in [-0.4, -0.2) is 49.6 Å². The van der Waals surface area contributed by atoms with Gasteiger partial charge in [-0.25, -0.2) is 0 Å². The van der Waals surface area contributed by atoms with E-state index in [4.69, 9.17) is 4.99 Å². The molecule has 0 unspecified atom stereocenters. The van der Waals surface area contributed by atoms with Crippen LogP contribution in [0.1, 0.15) is 24.6 Å². The summed E-state index contributed by atoms with van der Waals surface area (Å²) in [5.41, 5.74) is 0. The number of halogens is 1. The summed E-state index contributed by atoms with van der Waals surface area (Å²) in [6, 6.07) is 4.32. The quantitative estimate of drug-likeness (QED) is 0.272. The summed E-state index contributed by atoms with van der Waals surface area (Å²) in [5, 5.41) is 5.52. The lowest BCUT2D eigenvalue weighted by molar-refractivity contribution is 0.486. The lowest BCUT2D eigenvalue weighted by Crippen LogP contribution is -2.40. The predicted molar refractivity (Wildman–Crippen MR) is 110 cm³/mol. The minimum Gasteiger partial charge on any atom is -0.357 e. The summed E-state index contributed by atoms with van der Waals surface area (Å²) in [6.45, 7) is 4.98. The molecule has 0 saturated heterocycles. The highest BCUT2D eigenvalue weighted by Crippen LogP contribution is 2.09. The molecule has 1 aromatic rings. The Labute approximate surface area is 155 Å². The highest BCUT2D eigenvalue weighted by Gasteiger charge is 2.05. The maximum atomic E-state index is 4.71. The molecule has 6 heteroatoms. The van der Waals surface area contributed by atoms with E-state index in [1.165, 1.54) is 23.5 Å². The van der Waals surface area contributed by atoms with Crippen molar-refractivity contribution in [3.63, 3.8) is 0 Å². The van der Waals surface area contributed by atoms with Crippen molar-refractivity contribution >= 4 is 53.0 Å². The molecule has 0 aliphatic rings. The molecule has 3 nitrogen and oxygen atoms in total. The van der Waals surface area contributed by atoms with E-state index in [0.717, 1.165) is 32.0 Å². The second kappa shape index (κ2) is 13.7. The van der Waals surface area contributed by atoms with Crippen molar-refractivity contribution in [1.29, 1.82) is 0 Å². The van der Waals surface area contributed by atoms with Gasteiger partial charge in [0.1, 0.15) is 0 Å². The van der Waals surface area contributed by atoms with Crippen molar-refractivity contribution in [1.82, 2.24) is 10.2 Å². The number of thioether (sulfide) groups is 1. The van der Waals surface area contributed by atoms with Crippen molar-refractivity contribution < 1.29 is 0 Å². The number of rotatable bonds is 9. The number of thiophene rings is 1. The molecular formula is C15H28IN3S2. The Hall–Kier alpha value is 0.0500. The van der Waals surface area contributed by atoms with E-state index in [1.807, 2.05) is 23.1 Å². The number of hydrogen-bond acceptors (Lipinski definition) is 3. The summed E-state index contributed by atoms with van der Waals surface area (Å²) in [6.07, 6.45) is 5.67. The highest BCUT2D eigenvalue weighted by molar-refractivity contribution is 14.0. The predicted octanol–water partition coefficient (Wildman–Crippen LogP) is 3.95. The molecule has 1 aromatic heterocycles. The fourth-order valence-corrected chi connectivity index (χ4v) is 3.04. The second-order valence-electron chi connectivity index (χ2n) is 4.69. The van der Waals surface area contributed by atoms with E-state index in [2.05, 4.69) is 48.0 Å². The molecule has 0 radical (unpaired) electrons. The monoisotopic (exact) mass is 441 g/mol. The largest absolute Gasteiger partial charge is 0.357 e. The fourth-order valence-electron chi connectivity index (χ4n) is 1.85. The summed E-state index contributed by atoms with van der Waals surface area (Å²) in [5.74, 6) is 2.27. The van der Waals surface area contributed by atoms with Crippen LogP contribution in [0.3, 0.4) is 0 Å². The molecular weight excluding hydrogens is 413 g/mol. The molecule has 0 amide bonds. The van der Waals surface area contributed by atoms with E-state index in [1.54, 1.807) is 0 Å². The third kappa shape index (κ3) is 9.63. The molecule has 0 aromatic carbocycles. The van der Waals surface area contributed by atoms with Crippen molar-refractivity contribution in [3.8, 4) is 0 Å². The topological polar surface area (TPSA) is 27.6 Å². The normalized spacial score (nSPS) is 11.1. The SMILES string of the molecule is CCNC(=NCCCCSC)N(C)CCc1cccs1.I. The van der Waals surface area contributed by atoms with Crippen LogP contribution in [0.25, 0.3) is 0 Å². The van der Waals surface area contributed by atoms with Crippen LogP contribution >= 0.6 is 47.1 Å².